The van der Waals surface area contributed by atoms with Crippen LogP contribution in [0.4, 0.5) is 0 Å². The zero-order valence-electron chi connectivity index (χ0n) is 13.2. The van der Waals surface area contributed by atoms with E-state index in [0.717, 1.165) is 16.6 Å². The van der Waals surface area contributed by atoms with Gasteiger partial charge in [0.25, 0.3) is 0 Å². The predicted octanol–water partition coefficient (Wildman–Crippen LogP) is 4.87. The summed E-state index contributed by atoms with van der Waals surface area (Å²) in [6, 6.07) is 5.33. The summed E-state index contributed by atoms with van der Waals surface area (Å²) in [5, 5.41) is 0. The molecule has 1 atom stereocenters. The first-order valence-electron chi connectivity index (χ1n) is 7.56. The molecular formula is C17H25BrO3. The average Bonchev–Trinajstić information content (AvgIpc) is 2.50. The lowest BCUT2D eigenvalue weighted by Crippen LogP contribution is -2.15. The second kappa shape index (κ2) is 9.96. The van der Waals surface area contributed by atoms with Crippen molar-refractivity contribution in [2.45, 2.75) is 39.5 Å². The van der Waals surface area contributed by atoms with Crippen LogP contribution in [0.1, 0.15) is 49.9 Å². The highest BCUT2D eigenvalue weighted by atomic mass is 79.9. The topological polar surface area (TPSA) is 35.5 Å². The van der Waals surface area contributed by atoms with Crippen LogP contribution in [0, 0.1) is 5.92 Å². The summed E-state index contributed by atoms with van der Waals surface area (Å²) >= 11 is 3.39. The molecule has 118 valence electrons. The molecule has 0 aliphatic rings. The van der Waals surface area contributed by atoms with Gasteiger partial charge in [0.1, 0.15) is 12.4 Å². The van der Waals surface area contributed by atoms with Crippen molar-refractivity contribution >= 4 is 21.7 Å². The van der Waals surface area contributed by atoms with Gasteiger partial charge in [-0.2, -0.15) is 0 Å². The van der Waals surface area contributed by atoms with Gasteiger partial charge in [-0.05, 0) is 46.5 Å². The summed E-state index contributed by atoms with van der Waals surface area (Å²) in [5.74, 6) is 1.28. The van der Waals surface area contributed by atoms with Crippen LogP contribution in [0.15, 0.2) is 22.7 Å². The Morgan fingerprint density at radius 1 is 1.33 bits per heavy atom. The Morgan fingerprint density at radius 3 is 2.67 bits per heavy atom. The summed E-state index contributed by atoms with van der Waals surface area (Å²) in [6.45, 7) is 5.17. The van der Waals surface area contributed by atoms with Crippen molar-refractivity contribution in [2.24, 2.45) is 5.92 Å². The van der Waals surface area contributed by atoms with E-state index in [0.29, 0.717) is 18.1 Å². The smallest absolute Gasteiger partial charge is 0.188 e. The Labute approximate surface area is 136 Å². The van der Waals surface area contributed by atoms with Crippen molar-refractivity contribution in [2.75, 3.05) is 20.3 Å². The minimum absolute atomic E-state index is 0.00342. The van der Waals surface area contributed by atoms with Gasteiger partial charge in [-0.25, -0.2) is 0 Å². The number of Topliss-reactive ketones (excluding diaryl/α,β-unsaturated/α-hetero) is 1. The summed E-state index contributed by atoms with van der Waals surface area (Å²) in [5.41, 5.74) is 0.643. The Kier molecular flexibility index (Phi) is 8.62. The van der Waals surface area contributed by atoms with Crippen molar-refractivity contribution in [3.63, 3.8) is 0 Å². The van der Waals surface area contributed by atoms with Crippen molar-refractivity contribution in [3.8, 4) is 5.75 Å². The Balaban J connectivity index is 2.44. The molecule has 4 heteroatoms. The number of halogens is 1. The third-order valence-corrected chi connectivity index (χ3v) is 4.22. The van der Waals surface area contributed by atoms with Crippen LogP contribution in [0.5, 0.6) is 5.75 Å². The number of methoxy groups -OCH3 is 1. The number of unbranched alkanes of at least 4 members (excludes halogenated alkanes) is 1. The largest absolute Gasteiger partial charge is 0.496 e. The van der Waals surface area contributed by atoms with E-state index in [9.17, 15) is 4.79 Å². The lowest BCUT2D eigenvalue weighted by molar-refractivity contribution is 0.0658. The fraction of sp³-hybridized carbons (Fsp3) is 0.588. The second-order valence-electron chi connectivity index (χ2n) is 5.20. The molecule has 0 aromatic heterocycles. The molecule has 1 unspecified atom stereocenters. The molecule has 0 spiro atoms. The Bertz CT molecular complexity index is 446. The molecule has 3 nitrogen and oxygen atoms in total. The van der Waals surface area contributed by atoms with E-state index >= 15 is 0 Å². The number of hydrogen-bond donors (Lipinski definition) is 0. The van der Waals surface area contributed by atoms with E-state index in [1.165, 1.54) is 19.3 Å². The molecule has 0 aliphatic heterocycles. The maximum atomic E-state index is 12.1. The van der Waals surface area contributed by atoms with E-state index in [1.54, 1.807) is 25.3 Å². The van der Waals surface area contributed by atoms with Crippen molar-refractivity contribution in [1.82, 2.24) is 0 Å². The highest BCUT2D eigenvalue weighted by molar-refractivity contribution is 9.10. The molecular weight excluding hydrogens is 332 g/mol. The minimum Gasteiger partial charge on any atom is -0.496 e. The molecule has 1 aromatic carbocycles. The maximum Gasteiger partial charge on any atom is 0.188 e. The molecule has 0 bridgehead atoms. The molecule has 0 saturated carbocycles. The van der Waals surface area contributed by atoms with E-state index in [4.69, 9.17) is 9.47 Å². The van der Waals surface area contributed by atoms with Crippen molar-refractivity contribution in [1.29, 1.82) is 0 Å². The van der Waals surface area contributed by atoms with E-state index in [-0.39, 0.29) is 12.4 Å². The number of carbonyl (C=O) groups is 1. The average molecular weight is 357 g/mol. The molecule has 1 rings (SSSR count). The van der Waals surface area contributed by atoms with Gasteiger partial charge in [0.15, 0.2) is 5.78 Å². The molecule has 0 N–H and O–H groups in total. The van der Waals surface area contributed by atoms with Crippen LogP contribution in [0.3, 0.4) is 0 Å². The van der Waals surface area contributed by atoms with Gasteiger partial charge < -0.3 is 9.47 Å². The molecule has 21 heavy (non-hydrogen) atoms. The van der Waals surface area contributed by atoms with Crippen LogP contribution < -0.4 is 4.74 Å². The third-order valence-electron chi connectivity index (χ3n) is 3.60. The highest BCUT2D eigenvalue weighted by Gasteiger charge is 2.11. The molecule has 0 saturated heterocycles. The first-order valence-corrected chi connectivity index (χ1v) is 8.36. The quantitative estimate of drug-likeness (QED) is 0.560. The van der Waals surface area contributed by atoms with Crippen LogP contribution in [-0.2, 0) is 4.74 Å². The van der Waals surface area contributed by atoms with E-state index in [1.807, 2.05) is 0 Å². The summed E-state index contributed by atoms with van der Waals surface area (Å²) < 4.78 is 11.5. The standard InChI is InChI=1S/C17H25BrO3/c1-4-6-7-13(5-2)11-21-12-16(19)14-8-9-17(20-3)15(18)10-14/h8-10,13H,4-7,11-12H2,1-3H3. The number of carbonyl (C=O) groups excluding carboxylic acids is 1. The van der Waals surface area contributed by atoms with E-state index in [2.05, 4.69) is 29.8 Å². The maximum absolute atomic E-state index is 12.1. The van der Waals surface area contributed by atoms with Crippen molar-refractivity contribution in [3.05, 3.63) is 28.2 Å². The highest BCUT2D eigenvalue weighted by Crippen LogP contribution is 2.25. The summed E-state index contributed by atoms with van der Waals surface area (Å²) in [6.07, 6.45) is 4.70. The van der Waals surface area contributed by atoms with Gasteiger partial charge in [0.2, 0.25) is 0 Å². The normalized spacial score (nSPS) is 12.2. The fourth-order valence-corrected chi connectivity index (χ4v) is 2.68. The molecule has 0 aliphatic carbocycles. The van der Waals surface area contributed by atoms with Gasteiger partial charge in [-0.15, -0.1) is 0 Å². The number of benzene rings is 1. The van der Waals surface area contributed by atoms with Gasteiger partial charge in [-0.1, -0.05) is 33.1 Å². The third kappa shape index (κ3) is 6.18. The SMILES string of the molecule is CCCCC(CC)COCC(=O)c1ccc(OC)c(Br)c1. The number of ether oxygens (including phenoxy) is 2. The monoisotopic (exact) mass is 356 g/mol. The Morgan fingerprint density at radius 2 is 2.10 bits per heavy atom. The fourth-order valence-electron chi connectivity index (χ4n) is 2.14. The lowest BCUT2D eigenvalue weighted by Gasteiger charge is -2.14. The van der Waals surface area contributed by atoms with E-state index < -0.39 is 0 Å². The second-order valence-corrected chi connectivity index (χ2v) is 6.06. The summed E-state index contributed by atoms with van der Waals surface area (Å²) in [4.78, 5) is 12.1. The van der Waals surface area contributed by atoms with Crippen LogP contribution in [0.2, 0.25) is 0 Å². The predicted molar refractivity (Wildman–Crippen MR) is 89.1 cm³/mol. The summed E-state index contributed by atoms with van der Waals surface area (Å²) in [7, 11) is 1.60. The zero-order chi connectivity index (χ0) is 15.7. The number of ketones is 1. The minimum atomic E-state index is 0.00342. The molecule has 0 fully saturated rings. The van der Waals surface area contributed by atoms with Gasteiger partial charge in [0, 0.05) is 12.2 Å². The van der Waals surface area contributed by atoms with Gasteiger partial charge >= 0.3 is 0 Å². The van der Waals surface area contributed by atoms with Crippen LogP contribution in [-0.4, -0.2) is 26.1 Å². The Hall–Kier alpha value is -0.870. The lowest BCUT2D eigenvalue weighted by atomic mass is 10.0. The first-order chi connectivity index (χ1) is 10.1. The number of hydrogen-bond acceptors (Lipinski definition) is 3. The number of rotatable bonds is 10. The molecule has 0 radical (unpaired) electrons. The van der Waals surface area contributed by atoms with Crippen molar-refractivity contribution < 1.29 is 14.3 Å². The molecule has 0 heterocycles. The molecule has 1 aromatic rings. The molecule has 0 amide bonds. The van der Waals surface area contributed by atoms with Gasteiger partial charge in [0.05, 0.1) is 11.6 Å². The van der Waals surface area contributed by atoms with Gasteiger partial charge in [-0.3, -0.25) is 4.79 Å². The zero-order valence-corrected chi connectivity index (χ0v) is 14.7. The van der Waals surface area contributed by atoms with Crippen LogP contribution in [0.25, 0.3) is 0 Å². The first kappa shape index (κ1) is 18.2. The van der Waals surface area contributed by atoms with Crippen LogP contribution >= 0.6 is 15.9 Å².